The van der Waals surface area contributed by atoms with Gasteiger partial charge in [-0.15, -0.1) is 11.3 Å². The molecular weight excluding hydrogens is 294 g/mol. The number of nitrogens with one attached hydrogen (secondary N) is 1. The van der Waals surface area contributed by atoms with E-state index in [-0.39, 0.29) is 5.91 Å². The number of hydrogen-bond donors (Lipinski definition) is 1. The predicted octanol–water partition coefficient (Wildman–Crippen LogP) is 3.68. The number of thiazole rings is 1. The van der Waals surface area contributed by atoms with Crippen molar-refractivity contribution in [1.82, 2.24) is 10.4 Å². The Morgan fingerprint density at radius 1 is 1.18 bits per heavy atom. The van der Waals surface area contributed by atoms with Crippen molar-refractivity contribution in [3.8, 4) is 0 Å². The van der Waals surface area contributed by atoms with Crippen molar-refractivity contribution in [3.63, 3.8) is 0 Å². The van der Waals surface area contributed by atoms with Gasteiger partial charge in [-0.1, -0.05) is 42.5 Å². The van der Waals surface area contributed by atoms with E-state index >= 15 is 0 Å². The maximum atomic E-state index is 12.1. The van der Waals surface area contributed by atoms with Crippen LogP contribution in [0.3, 0.4) is 0 Å². The van der Waals surface area contributed by atoms with Gasteiger partial charge in [-0.05, 0) is 24.6 Å². The quantitative estimate of drug-likeness (QED) is 0.593. The third-order valence-corrected chi connectivity index (χ3v) is 4.37. The number of aryl methyl sites for hydroxylation is 2. The fourth-order valence-corrected chi connectivity index (χ4v) is 3.13. The van der Waals surface area contributed by atoms with Crippen LogP contribution in [-0.4, -0.2) is 17.1 Å². The summed E-state index contributed by atoms with van der Waals surface area (Å²) < 4.78 is 0. The normalized spacial score (nSPS) is 11.2. The molecule has 0 aliphatic heterocycles. The first-order valence-corrected chi connectivity index (χ1v) is 7.72. The van der Waals surface area contributed by atoms with E-state index in [1.807, 2.05) is 44.2 Å². The molecule has 0 unspecified atom stereocenters. The van der Waals surface area contributed by atoms with Crippen LogP contribution in [0.2, 0.25) is 0 Å². The second kappa shape index (κ2) is 6.07. The first kappa shape index (κ1) is 14.4. The summed E-state index contributed by atoms with van der Waals surface area (Å²) in [6.45, 7) is 3.71. The Kier molecular flexibility index (Phi) is 3.98. The SMILES string of the molecule is Cc1nc(C)c(C(=O)N/N=C/c2cccc3ccccc23)s1. The summed E-state index contributed by atoms with van der Waals surface area (Å²) >= 11 is 1.37. The molecule has 0 bridgehead atoms. The highest BCUT2D eigenvalue weighted by atomic mass is 32.1. The zero-order valence-corrected chi connectivity index (χ0v) is 13.1. The van der Waals surface area contributed by atoms with Crippen LogP contribution in [-0.2, 0) is 0 Å². The van der Waals surface area contributed by atoms with Crippen LogP contribution in [0.25, 0.3) is 10.8 Å². The number of hydrazone groups is 1. The van der Waals surface area contributed by atoms with E-state index in [9.17, 15) is 4.79 Å². The highest BCUT2D eigenvalue weighted by Gasteiger charge is 2.12. The molecular formula is C17H15N3OS. The van der Waals surface area contributed by atoms with Crippen molar-refractivity contribution in [3.05, 3.63) is 63.6 Å². The second-order valence-corrected chi connectivity index (χ2v) is 6.12. The van der Waals surface area contributed by atoms with Crippen molar-refractivity contribution in [2.45, 2.75) is 13.8 Å². The summed E-state index contributed by atoms with van der Waals surface area (Å²) in [6, 6.07) is 14.1. The standard InChI is InChI=1S/C17H15N3OS/c1-11-16(22-12(2)19-11)17(21)20-18-10-14-8-5-7-13-6-3-4-9-15(13)14/h3-10H,1-2H3,(H,20,21)/b18-10+. The topological polar surface area (TPSA) is 54.4 Å². The Morgan fingerprint density at radius 2 is 1.95 bits per heavy atom. The lowest BCUT2D eigenvalue weighted by molar-refractivity contribution is 0.0958. The third kappa shape index (κ3) is 2.89. The maximum Gasteiger partial charge on any atom is 0.283 e. The molecule has 0 radical (unpaired) electrons. The van der Waals surface area contributed by atoms with Crippen LogP contribution in [0.4, 0.5) is 0 Å². The van der Waals surface area contributed by atoms with E-state index in [2.05, 4.69) is 27.6 Å². The van der Waals surface area contributed by atoms with Gasteiger partial charge in [-0.25, -0.2) is 10.4 Å². The van der Waals surface area contributed by atoms with Crippen molar-refractivity contribution >= 4 is 34.2 Å². The summed E-state index contributed by atoms with van der Waals surface area (Å²) in [5.74, 6) is -0.223. The molecule has 1 aromatic heterocycles. The molecule has 3 rings (SSSR count). The number of nitrogens with zero attached hydrogens (tertiary/aromatic N) is 2. The van der Waals surface area contributed by atoms with Gasteiger partial charge < -0.3 is 0 Å². The Morgan fingerprint density at radius 3 is 2.73 bits per heavy atom. The molecule has 22 heavy (non-hydrogen) atoms. The van der Waals surface area contributed by atoms with E-state index in [1.54, 1.807) is 6.21 Å². The summed E-state index contributed by atoms with van der Waals surface area (Å²) in [5.41, 5.74) is 4.27. The van der Waals surface area contributed by atoms with Gasteiger partial charge in [-0.3, -0.25) is 4.79 Å². The number of benzene rings is 2. The van der Waals surface area contributed by atoms with Crippen LogP contribution in [0, 0.1) is 13.8 Å². The molecule has 5 heteroatoms. The zero-order valence-electron chi connectivity index (χ0n) is 12.3. The Balaban J connectivity index is 1.79. The summed E-state index contributed by atoms with van der Waals surface area (Å²) in [7, 11) is 0. The van der Waals surface area contributed by atoms with Gasteiger partial charge >= 0.3 is 0 Å². The average Bonchev–Trinajstić information content (AvgIpc) is 2.86. The minimum Gasteiger partial charge on any atom is -0.266 e. The Hall–Kier alpha value is -2.53. The molecule has 0 atom stereocenters. The molecule has 0 fully saturated rings. The molecule has 1 heterocycles. The predicted molar refractivity (Wildman–Crippen MR) is 90.6 cm³/mol. The highest BCUT2D eigenvalue weighted by Crippen LogP contribution is 2.18. The lowest BCUT2D eigenvalue weighted by Gasteiger charge is -2.01. The fourth-order valence-electron chi connectivity index (χ4n) is 2.32. The van der Waals surface area contributed by atoms with Gasteiger partial charge in [0, 0.05) is 5.56 Å². The second-order valence-electron chi connectivity index (χ2n) is 4.91. The third-order valence-electron chi connectivity index (χ3n) is 3.30. The molecule has 0 aliphatic rings. The van der Waals surface area contributed by atoms with Gasteiger partial charge in [-0.2, -0.15) is 5.10 Å². The van der Waals surface area contributed by atoms with E-state index in [4.69, 9.17) is 0 Å². The molecule has 4 nitrogen and oxygen atoms in total. The lowest BCUT2D eigenvalue weighted by atomic mass is 10.1. The monoisotopic (exact) mass is 309 g/mol. The van der Waals surface area contributed by atoms with Gasteiger partial charge in [0.05, 0.1) is 16.9 Å². The number of hydrogen-bond acceptors (Lipinski definition) is 4. The zero-order chi connectivity index (χ0) is 15.5. The molecule has 0 saturated carbocycles. The number of fused-ring (bicyclic) bond motifs is 1. The fraction of sp³-hybridized carbons (Fsp3) is 0.118. The maximum absolute atomic E-state index is 12.1. The Labute approximate surface area is 132 Å². The molecule has 2 aromatic carbocycles. The van der Waals surface area contributed by atoms with Gasteiger partial charge in [0.25, 0.3) is 5.91 Å². The largest absolute Gasteiger partial charge is 0.283 e. The van der Waals surface area contributed by atoms with E-state index in [0.717, 1.165) is 27.0 Å². The van der Waals surface area contributed by atoms with E-state index < -0.39 is 0 Å². The molecule has 3 aromatic rings. The minimum absolute atomic E-state index is 0.223. The first-order chi connectivity index (χ1) is 10.6. The molecule has 0 spiro atoms. The smallest absolute Gasteiger partial charge is 0.266 e. The summed E-state index contributed by atoms with van der Waals surface area (Å²) in [6.07, 6.45) is 1.67. The molecule has 1 N–H and O–H groups in total. The van der Waals surface area contributed by atoms with Crippen LogP contribution < -0.4 is 5.43 Å². The summed E-state index contributed by atoms with van der Waals surface area (Å²) in [4.78, 5) is 16.9. The number of rotatable bonds is 3. The number of carbonyl (C=O) groups is 1. The van der Waals surface area contributed by atoms with Gasteiger partial charge in [0.1, 0.15) is 4.88 Å². The van der Waals surface area contributed by atoms with E-state index in [1.165, 1.54) is 11.3 Å². The van der Waals surface area contributed by atoms with Crippen molar-refractivity contribution < 1.29 is 4.79 Å². The number of aromatic nitrogens is 1. The van der Waals surface area contributed by atoms with Crippen molar-refractivity contribution in [2.24, 2.45) is 5.10 Å². The lowest BCUT2D eigenvalue weighted by Crippen LogP contribution is -2.17. The van der Waals surface area contributed by atoms with Crippen LogP contribution >= 0.6 is 11.3 Å². The van der Waals surface area contributed by atoms with Crippen LogP contribution in [0.1, 0.15) is 25.9 Å². The van der Waals surface area contributed by atoms with Gasteiger partial charge in [0.15, 0.2) is 0 Å². The number of carbonyl (C=O) groups excluding carboxylic acids is 1. The summed E-state index contributed by atoms with van der Waals surface area (Å²) in [5, 5.41) is 7.20. The van der Waals surface area contributed by atoms with Crippen LogP contribution in [0.15, 0.2) is 47.6 Å². The molecule has 110 valence electrons. The Bertz CT molecular complexity index is 862. The van der Waals surface area contributed by atoms with Crippen LogP contribution in [0.5, 0.6) is 0 Å². The molecule has 0 aliphatic carbocycles. The van der Waals surface area contributed by atoms with Crippen molar-refractivity contribution in [1.29, 1.82) is 0 Å². The highest BCUT2D eigenvalue weighted by molar-refractivity contribution is 7.13. The van der Waals surface area contributed by atoms with E-state index in [0.29, 0.717) is 4.88 Å². The van der Waals surface area contributed by atoms with Crippen molar-refractivity contribution in [2.75, 3.05) is 0 Å². The average molecular weight is 309 g/mol. The first-order valence-electron chi connectivity index (χ1n) is 6.90. The molecule has 0 saturated heterocycles. The molecule has 1 amide bonds. The number of amides is 1. The van der Waals surface area contributed by atoms with Gasteiger partial charge in [0.2, 0.25) is 0 Å². The minimum atomic E-state index is -0.223.